The van der Waals surface area contributed by atoms with Gasteiger partial charge in [0.2, 0.25) is 0 Å². The smallest absolute Gasteiger partial charge is 0.0590 e. The van der Waals surface area contributed by atoms with Gasteiger partial charge in [0, 0.05) is 19.3 Å². The van der Waals surface area contributed by atoms with Crippen molar-refractivity contribution >= 4 is 0 Å². The average molecular weight is 187 g/mol. The van der Waals surface area contributed by atoms with Crippen molar-refractivity contribution in [3.05, 3.63) is 0 Å². The summed E-state index contributed by atoms with van der Waals surface area (Å²) in [6, 6.07) is 0.363. The van der Waals surface area contributed by atoms with E-state index in [0.29, 0.717) is 18.8 Å². The number of ether oxygens (including phenoxy) is 1. The van der Waals surface area contributed by atoms with Crippen LogP contribution in [-0.2, 0) is 4.74 Å². The van der Waals surface area contributed by atoms with Gasteiger partial charge in [0.1, 0.15) is 0 Å². The van der Waals surface area contributed by atoms with E-state index in [9.17, 15) is 0 Å². The highest BCUT2D eigenvalue weighted by Crippen LogP contribution is 2.20. The molecular weight excluding hydrogens is 166 g/mol. The standard InChI is InChI=1S/C10H21NO2/c11-9-4-5-10(8-9)13-7-3-1-2-6-12/h9-10,12H,1-8,11H2. The Kier molecular flexibility index (Phi) is 5.35. The van der Waals surface area contributed by atoms with E-state index in [1.165, 1.54) is 0 Å². The van der Waals surface area contributed by atoms with Gasteiger partial charge in [-0.1, -0.05) is 0 Å². The molecule has 0 amide bonds. The normalized spacial score (nSPS) is 28.2. The number of rotatable bonds is 6. The highest BCUT2D eigenvalue weighted by Gasteiger charge is 2.21. The monoisotopic (exact) mass is 187 g/mol. The van der Waals surface area contributed by atoms with Crippen LogP contribution in [0.25, 0.3) is 0 Å². The number of unbranched alkanes of at least 4 members (excludes halogenated alkanes) is 2. The van der Waals surface area contributed by atoms with Crippen LogP contribution in [0, 0.1) is 0 Å². The Morgan fingerprint density at radius 3 is 2.69 bits per heavy atom. The van der Waals surface area contributed by atoms with E-state index < -0.39 is 0 Å². The lowest BCUT2D eigenvalue weighted by molar-refractivity contribution is 0.0543. The zero-order chi connectivity index (χ0) is 9.52. The predicted molar refractivity (Wildman–Crippen MR) is 52.5 cm³/mol. The lowest BCUT2D eigenvalue weighted by atomic mass is 10.2. The molecule has 1 rings (SSSR count). The van der Waals surface area contributed by atoms with E-state index in [1.54, 1.807) is 0 Å². The third kappa shape index (κ3) is 4.60. The van der Waals surface area contributed by atoms with Crippen molar-refractivity contribution < 1.29 is 9.84 Å². The molecule has 13 heavy (non-hydrogen) atoms. The second kappa shape index (κ2) is 6.35. The van der Waals surface area contributed by atoms with Crippen molar-refractivity contribution in [1.29, 1.82) is 0 Å². The van der Waals surface area contributed by atoms with Crippen LogP contribution >= 0.6 is 0 Å². The summed E-state index contributed by atoms with van der Waals surface area (Å²) in [5.41, 5.74) is 5.76. The molecule has 1 aliphatic rings. The quantitative estimate of drug-likeness (QED) is 0.611. The molecule has 0 aliphatic heterocycles. The molecule has 3 N–H and O–H groups in total. The number of hydrogen-bond donors (Lipinski definition) is 2. The minimum Gasteiger partial charge on any atom is -0.396 e. The maximum absolute atomic E-state index is 8.55. The van der Waals surface area contributed by atoms with Crippen molar-refractivity contribution in [2.24, 2.45) is 5.73 Å². The lowest BCUT2D eigenvalue weighted by Gasteiger charge is -2.10. The Hall–Kier alpha value is -0.120. The molecule has 3 nitrogen and oxygen atoms in total. The van der Waals surface area contributed by atoms with Gasteiger partial charge in [-0.25, -0.2) is 0 Å². The number of nitrogens with two attached hydrogens (primary N) is 1. The van der Waals surface area contributed by atoms with Gasteiger partial charge in [-0.2, -0.15) is 0 Å². The zero-order valence-electron chi connectivity index (χ0n) is 8.24. The minimum atomic E-state index is 0.300. The Labute approximate surface area is 80.3 Å². The Morgan fingerprint density at radius 1 is 1.23 bits per heavy atom. The fraction of sp³-hybridized carbons (Fsp3) is 1.00. The third-order valence-corrected chi connectivity index (χ3v) is 2.58. The van der Waals surface area contributed by atoms with Crippen LogP contribution in [0.2, 0.25) is 0 Å². The summed E-state index contributed by atoms with van der Waals surface area (Å²) < 4.78 is 5.66. The van der Waals surface area contributed by atoms with Crippen molar-refractivity contribution in [3.8, 4) is 0 Å². The summed E-state index contributed by atoms with van der Waals surface area (Å²) in [4.78, 5) is 0. The number of hydrogen-bond acceptors (Lipinski definition) is 3. The van der Waals surface area contributed by atoms with E-state index >= 15 is 0 Å². The molecule has 1 saturated carbocycles. The first-order chi connectivity index (χ1) is 6.33. The van der Waals surface area contributed by atoms with Crippen molar-refractivity contribution in [3.63, 3.8) is 0 Å². The van der Waals surface area contributed by atoms with E-state index in [4.69, 9.17) is 15.6 Å². The van der Waals surface area contributed by atoms with Crippen LogP contribution in [0.4, 0.5) is 0 Å². The van der Waals surface area contributed by atoms with Gasteiger partial charge in [0.05, 0.1) is 6.10 Å². The van der Waals surface area contributed by atoms with E-state index in [-0.39, 0.29) is 0 Å². The maximum Gasteiger partial charge on any atom is 0.0590 e. The Bertz CT molecular complexity index is 130. The molecule has 0 aromatic heterocycles. The van der Waals surface area contributed by atoms with Crippen LogP contribution < -0.4 is 5.73 Å². The first-order valence-corrected chi connectivity index (χ1v) is 5.31. The molecule has 78 valence electrons. The zero-order valence-corrected chi connectivity index (χ0v) is 8.24. The summed E-state index contributed by atoms with van der Waals surface area (Å²) in [5.74, 6) is 0. The van der Waals surface area contributed by atoms with Crippen molar-refractivity contribution in [2.45, 2.75) is 50.7 Å². The van der Waals surface area contributed by atoms with Gasteiger partial charge in [-0.05, 0) is 38.5 Å². The topological polar surface area (TPSA) is 55.5 Å². The van der Waals surface area contributed by atoms with E-state index in [1.807, 2.05) is 0 Å². The van der Waals surface area contributed by atoms with Crippen molar-refractivity contribution in [1.82, 2.24) is 0 Å². The molecule has 0 aromatic rings. The first-order valence-electron chi connectivity index (χ1n) is 5.31. The van der Waals surface area contributed by atoms with Gasteiger partial charge in [-0.3, -0.25) is 0 Å². The van der Waals surface area contributed by atoms with Crippen LogP contribution in [0.1, 0.15) is 38.5 Å². The van der Waals surface area contributed by atoms with E-state index in [2.05, 4.69) is 0 Å². The second-order valence-electron chi connectivity index (χ2n) is 3.85. The highest BCUT2D eigenvalue weighted by atomic mass is 16.5. The summed E-state index contributed by atoms with van der Waals surface area (Å²) in [6.45, 7) is 1.13. The second-order valence-corrected chi connectivity index (χ2v) is 3.85. The molecule has 0 spiro atoms. The molecule has 1 fully saturated rings. The van der Waals surface area contributed by atoms with Gasteiger partial charge >= 0.3 is 0 Å². The average Bonchev–Trinajstić information content (AvgIpc) is 2.51. The Morgan fingerprint density at radius 2 is 2.08 bits per heavy atom. The maximum atomic E-state index is 8.55. The Balaban J connectivity index is 1.88. The number of aliphatic hydroxyl groups excluding tert-OH is 1. The SMILES string of the molecule is NC1CCC(OCCCCCO)C1. The largest absolute Gasteiger partial charge is 0.396 e. The summed E-state index contributed by atoms with van der Waals surface area (Å²) >= 11 is 0. The van der Waals surface area contributed by atoms with Gasteiger partial charge in [0.15, 0.2) is 0 Å². The van der Waals surface area contributed by atoms with Crippen LogP contribution in [0.3, 0.4) is 0 Å². The molecule has 0 aromatic carbocycles. The molecule has 0 bridgehead atoms. The molecule has 1 aliphatic carbocycles. The summed E-state index contributed by atoms with van der Waals surface area (Å²) in [5, 5.41) is 8.55. The van der Waals surface area contributed by atoms with Crippen molar-refractivity contribution in [2.75, 3.05) is 13.2 Å². The van der Waals surface area contributed by atoms with Gasteiger partial charge in [-0.15, -0.1) is 0 Å². The van der Waals surface area contributed by atoms with Gasteiger partial charge < -0.3 is 15.6 Å². The lowest BCUT2D eigenvalue weighted by Crippen LogP contribution is -2.17. The molecule has 2 atom stereocenters. The summed E-state index contributed by atoms with van der Waals surface area (Å²) in [7, 11) is 0. The predicted octanol–water partition coefficient (Wildman–Crippen LogP) is 1.05. The molecular formula is C10H21NO2. The van der Waals surface area contributed by atoms with Crippen LogP contribution in [0.5, 0.6) is 0 Å². The van der Waals surface area contributed by atoms with E-state index in [0.717, 1.165) is 45.1 Å². The van der Waals surface area contributed by atoms with Crippen LogP contribution in [-0.4, -0.2) is 30.5 Å². The van der Waals surface area contributed by atoms with Gasteiger partial charge in [0.25, 0.3) is 0 Å². The fourth-order valence-corrected chi connectivity index (χ4v) is 1.77. The first kappa shape index (κ1) is 11.0. The molecule has 3 heteroatoms. The summed E-state index contributed by atoms with van der Waals surface area (Å²) in [6.07, 6.45) is 6.70. The third-order valence-electron chi connectivity index (χ3n) is 2.58. The minimum absolute atomic E-state index is 0.300. The molecule has 0 radical (unpaired) electrons. The number of aliphatic hydroxyl groups is 1. The molecule has 2 unspecified atom stereocenters. The highest BCUT2D eigenvalue weighted by molar-refractivity contribution is 4.77. The van der Waals surface area contributed by atoms with Crippen LogP contribution in [0.15, 0.2) is 0 Å². The molecule has 0 saturated heterocycles. The fourth-order valence-electron chi connectivity index (χ4n) is 1.77. The molecule has 0 heterocycles.